The summed E-state index contributed by atoms with van der Waals surface area (Å²) in [5.41, 5.74) is 2.45. The largest absolute Gasteiger partial charge is 0.475 e. The van der Waals surface area contributed by atoms with E-state index in [9.17, 15) is 9.90 Å². The number of rotatable bonds is 8. The quantitative estimate of drug-likeness (QED) is 0.469. The molecule has 0 spiro atoms. The molecular weight excluding hydrogens is 324 g/mol. The molecule has 1 N–H and O–H groups in total. The van der Waals surface area contributed by atoms with Crippen LogP contribution < -0.4 is 0 Å². The molecule has 0 amide bonds. The summed E-state index contributed by atoms with van der Waals surface area (Å²) < 4.78 is 5.92. The van der Waals surface area contributed by atoms with Gasteiger partial charge in [-0.3, -0.25) is 0 Å². The standard InChI is InChI=1S/C23H26O3/c1-17(2)14-15-21(16-19-10-6-4-7-11-19)26-22(23(24)25)18(3)20-12-8-5-9-13-20/h4-13,16-17H,14-15H2,1-3H3,(H,24,25). The van der Waals surface area contributed by atoms with E-state index in [0.717, 1.165) is 17.5 Å². The Balaban J connectivity index is 2.37. The van der Waals surface area contributed by atoms with Crippen LogP contribution in [-0.4, -0.2) is 11.1 Å². The highest BCUT2D eigenvalue weighted by Gasteiger charge is 2.17. The molecule has 0 saturated heterocycles. The number of carboxylic acid groups (broad SMARTS) is 1. The molecule has 0 heterocycles. The molecule has 0 unspecified atom stereocenters. The van der Waals surface area contributed by atoms with Crippen LogP contribution in [0.15, 0.2) is 72.2 Å². The van der Waals surface area contributed by atoms with Crippen molar-refractivity contribution in [2.45, 2.75) is 33.6 Å². The Morgan fingerprint density at radius 1 is 1.04 bits per heavy atom. The summed E-state index contributed by atoms with van der Waals surface area (Å²) in [6.07, 6.45) is 3.53. The lowest BCUT2D eigenvalue weighted by molar-refractivity contribution is -0.135. The average Bonchev–Trinajstić information content (AvgIpc) is 2.64. The highest BCUT2D eigenvalue weighted by molar-refractivity contribution is 5.94. The Kier molecular flexibility index (Phi) is 7.22. The lowest BCUT2D eigenvalue weighted by atomic mass is 10.0. The summed E-state index contributed by atoms with van der Waals surface area (Å²) in [4.78, 5) is 11.8. The minimum Gasteiger partial charge on any atom is -0.475 e. The fraction of sp³-hybridized carbons (Fsp3) is 0.261. The lowest BCUT2D eigenvalue weighted by Gasteiger charge is -2.15. The van der Waals surface area contributed by atoms with Crippen molar-refractivity contribution in [3.63, 3.8) is 0 Å². The van der Waals surface area contributed by atoms with Gasteiger partial charge in [0, 0.05) is 12.0 Å². The van der Waals surface area contributed by atoms with Gasteiger partial charge in [0.25, 0.3) is 0 Å². The van der Waals surface area contributed by atoms with Crippen molar-refractivity contribution in [3.8, 4) is 0 Å². The van der Waals surface area contributed by atoms with E-state index >= 15 is 0 Å². The van der Waals surface area contributed by atoms with Crippen molar-refractivity contribution in [2.75, 3.05) is 0 Å². The first kappa shape index (κ1) is 19.5. The molecule has 0 bridgehead atoms. The molecule has 3 heteroatoms. The fourth-order valence-electron chi connectivity index (χ4n) is 2.55. The summed E-state index contributed by atoms with van der Waals surface area (Å²) in [6, 6.07) is 19.3. The van der Waals surface area contributed by atoms with E-state index in [1.807, 2.05) is 66.7 Å². The van der Waals surface area contributed by atoms with E-state index in [1.165, 1.54) is 0 Å². The summed E-state index contributed by atoms with van der Waals surface area (Å²) >= 11 is 0. The Labute approximate surface area is 155 Å². The van der Waals surface area contributed by atoms with Crippen molar-refractivity contribution in [2.24, 2.45) is 5.92 Å². The van der Waals surface area contributed by atoms with Gasteiger partial charge < -0.3 is 9.84 Å². The van der Waals surface area contributed by atoms with Gasteiger partial charge in [0.15, 0.2) is 0 Å². The first-order valence-corrected chi connectivity index (χ1v) is 8.90. The van der Waals surface area contributed by atoms with E-state index in [-0.39, 0.29) is 5.76 Å². The van der Waals surface area contributed by atoms with Crippen LogP contribution in [0.1, 0.15) is 44.7 Å². The Hall–Kier alpha value is -2.81. The van der Waals surface area contributed by atoms with Gasteiger partial charge in [0.05, 0.1) is 0 Å². The minimum absolute atomic E-state index is 0.0258. The predicted molar refractivity (Wildman–Crippen MR) is 106 cm³/mol. The highest BCUT2D eigenvalue weighted by atomic mass is 16.5. The molecule has 0 radical (unpaired) electrons. The maximum Gasteiger partial charge on any atom is 0.372 e. The number of benzene rings is 2. The molecular formula is C23H26O3. The zero-order valence-electron chi connectivity index (χ0n) is 15.6. The number of carbonyl (C=O) groups is 1. The average molecular weight is 350 g/mol. The summed E-state index contributed by atoms with van der Waals surface area (Å²) in [6.45, 7) is 6.06. The minimum atomic E-state index is -1.06. The van der Waals surface area contributed by atoms with Crippen LogP contribution in [0.25, 0.3) is 11.6 Å². The van der Waals surface area contributed by atoms with E-state index in [0.29, 0.717) is 23.7 Å². The van der Waals surface area contributed by atoms with Crippen molar-refractivity contribution in [1.29, 1.82) is 0 Å². The molecule has 2 aromatic rings. The molecule has 0 atom stereocenters. The van der Waals surface area contributed by atoms with E-state index in [1.54, 1.807) is 6.92 Å². The molecule has 2 aromatic carbocycles. The smallest absolute Gasteiger partial charge is 0.372 e. The maximum absolute atomic E-state index is 11.8. The Morgan fingerprint density at radius 2 is 1.62 bits per heavy atom. The SMILES string of the molecule is CC(=C(OC(=Cc1ccccc1)CCC(C)C)C(=O)O)c1ccccc1. The normalized spacial score (nSPS) is 12.7. The molecule has 2 rings (SSSR count). The highest BCUT2D eigenvalue weighted by Crippen LogP contribution is 2.25. The van der Waals surface area contributed by atoms with Gasteiger partial charge in [-0.2, -0.15) is 0 Å². The van der Waals surface area contributed by atoms with Crippen LogP contribution in [0.2, 0.25) is 0 Å². The first-order chi connectivity index (χ1) is 12.5. The number of allylic oxidation sites excluding steroid dienone is 2. The molecule has 26 heavy (non-hydrogen) atoms. The van der Waals surface area contributed by atoms with Gasteiger partial charge in [-0.25, -0.2) is 4.79 Å². The molecule has 0 aliphatic carbocycles. The molecule has 136 valence electrons. The fourth-order valence-corrected chi connectivity index (χ4v) is 2.55. The summed E-state index contributed by atoms with van der Waals surface area (Å²) in [5.74, 6) is 0.0832. The third-order valence-corrected chi connectivity index (χ3v) is 4.07. The van der Waals surface area contributed by atoms with Crippen LogP contribution in [-0.2, 0) is 9.53 Å². The molecule has 0 saturated carbocycles. The second-order valence-electron chi connectivity index (χ2n) is 6.68. The van der Waals surface area contributed by atoms with Gasteiger partial charge >= 0.3 is 5.97 Å². The zero-order valence-corrected chi connectivity index (χ0v) is 15.6. The van der Waals surface area contributed by atoms with Crippen molar-refractivity contribution in [1.82, 2.24) is 0 Å². The number of hydrogen-bond acceptors (Lipinski definition) is 2. The van der Waals surface area contributed by atoms with Crippen molar-refractivity contribution in [3.05, 3.63) is 83.3 Å². The van der Waals surface area contributed by atoms with E-state index < -0.39 is 5.97 Å². The van der Waals surface area contributed by atoms with E-state index in [2.05, 4.69) is 13.8 Å². The van der Waals surface area contributed by atoms with Crippen LogP contribution >= 0.6 is 0 Å². The maximum atomic E-state index is 11.8. The predicted octanol–water partition coefficient (Wildman–Crippen LogP) is 6.00. The number of hydrogen-bond donors (Lipinski definition) is 1. The lowest BCUT2D eigenvalue weighted by Crippen LogP contribution is -2.08. The van der Waals surface area contributed by atoms with Gasteiger partial charge in [0.1, 0.15) is 5.76 Å². The Morgan fingerprint density at radius 3 is 2.15 bits per heavy atom. The van der Waals surface area contributed by atoms with Crippen LogP contribution in [0.4, 0.5) is 0 Å². The molecule has 0 aromatic heterocycles. The monoisotopic (exact) mass is 350 g/mol. The number of aliphatic carboxylic acids is 1. The van der Waals surface area contributed by atoms with Crippen molar-refractivity contribution >= 4 is 17.6 Å². The first-order valence-electron chi connectivity index (χ1n) is 8.90. The second-order valence-corrected chi connectivity index (χ2v) is 6.68. The van der Waals surface area contributed by atoms with E-state index in [4.69, 9.17) is 4.74 Å². The van der Waals surface area contributed by atoms with Crippen molar-refractivity contribution < 1.29 is 14.6 Å². The molecule has 0 fully saturated rings. The van der Waals surface area contributed by atoms with Gasteiger partial charge in [-0.1, -0.05) is 74.5 Å². The summed E-state index contributed by atoms with van der Waals surface area (Å²) in [7, 11) is 0. The number of carboxylic acids is 1. The zero-order chi connectivity index (χ0) is 18.9. The molecule has 3 nitrogen and oxygen atoms in total. The third kappa shape index (κ3) is 5.92. The molecule has 0 aliphatic heterocycles. The third-order valence-electron chi connectivity index (χ3n) is 4.07. The number of ether oxygens (including phenoxy) is 1. The Bertz CT molecular complexity index is 772. The van der Waals surface area contributed by atoms with Crippen LogP contribution in [0.3, 0.4) is 0 Å². The van der Waals surface area contributed by atoms with Gasteiger partial charge in [0.2, 0.25) is 5.76 Å². The van der Waals surface area contributed by atoms with Gasteiger partial charge in [-0.15, -0.1) is 0 Å². The summed E-state index contributed by atoms with van der Waals surface area (Å²) in [5, 5.41) is 9.69. The van der Waals surface area contributed by atoms with Crippen LogP contribution in [0.5, 0.6) is 0 Å². The van der Waals surface area contributed by atoms with Crippen LogP contribution in [0, 0.1) is 5.92 Å². The van der Waals surface area contributed by atoms with Gasteiger partial charge in [-0.05, 0) is 36.5 Å². The topological polar surface area (TPSA) is 46.5 Å². The second kappa shape index (κ2) is 9.62. The molecule has 0 aliphatic rings.